The van der Waals surface area contributed by atoms with Crippen molar-refractivity contribution in [2.24, 2.45) is 0 Å². The number of carbonyl (C=O) groups is 1. The average molecular weight is 151 g/mol. The molecule has 60 valence electrons. The van der Waals surface area contributed by atoms with Crippen LogP contribution >= 0.6 is 0 Å². The Hall–Kier alpha value is -1.31. The smallest absolute Gasteiger partial charge is 0.211 e. The quantitative estimate of drug-likeness (QED) is 0.481. The molecule has 0 heterocycles. The van der Waals surface area contributed by atoms with E-state index in [4.69, 9.17) is 0 Å². The lowest BCUT2D eigenvalue weighted by atomic mass is 10.2. The van der Waals surface area contributed by atoms with E-state index < -0.39 is 0 Å². The number of hydrogen-bond acceptors (Lipinski definition) is 1. The summed E-state index contributed by atoms with van der Waals surface area (Å²) in [6.07, 6.45) is 6.04. The van der Waals surface area contributed by atoms with Gasteiger partial charge in [0.2, 0.25) is 6.41 Å². The number of amides is 1. The van der Waals surface area contributed by atoms with E-state index >= 15 is 0 Å². The molecule has 0 aromatic carbocycles. The third-order valence-corrected chi connectivity index (χ3v) is 1.28. The topological polar surface area (TPSA) is 29.1 Å². The molecule has 11 heavy (non-hydrogen) atoms. The highest BCUT2D eigenvalue weighted by Crippen LogP contribution is 1.98. The third kappa shape index (κ3) is 4.14. The Kier molecular flexibility index (Phi) is 4.82. The van der Waals surface area contributed by atoms with Crippen molar-refractivity contribution in [1.29, 1.82) is 0 Å². The molecule has 2 heteroatoms. The van der Waals surface area contributed by atoms with Crippen LogP contribution in [0.4, 0.5) is 0 Å². The first kappa shape index (κ1) is 9.69. The summed E-state index contributed by atoms with van der Waals surface area (Å²) in [5.41, 5.74) is 1.81. The third-order valence-electron chi connectivity index (χ3n) is 1.28. The molecule has 0 aromatic heterocycles. The second-order valence-corrected chi connectivity index (χ2v) is 2.10. The standard InChI is InChI=1S/C9H13NO/c1-4-8(3)6-9(5-2)10-7-11/h4-7H,2H2,1,3H3,(H,10,11)/b8-4-,9-6+. The Morgan fingerprint density at radius 2 is 2.18 bits per heavy atom. The van der Waals surface area contributed by atoms with Gasteiger partial charge in [-0.05, 0) is 26.0 Å². The van der Waals surface area contributed by atoms with Crippen LogP contribution in [0.15, 0.2) is 36.1 Å². The van der Waals surface area contributed by atoms with Gasteiger partial charge >= 0.3 is 0 Å². The SMILES string of the molecule is C=C/C(=C\C(C)=C/C)NC=O. The van der Waals surface area contributed by atoms with Gasteiger partial charge in [0.25, 0.3) is 0 Å². The Labute approximate surface area is 67.3 Å². The molecule has 0 radical (unpaired) electrons. The summed E-state index contributed by atoms with van der Waals surface area (Å²) in [4.78, 5) is 10.0. The van der Waals surface area contributed by atoms with Gasteiger partial charge < -0.3 is 5.32 Å². The van der Waals surface area contributed by atoms with E-state index in [2.05, 4.69) is 11.9 Å². The molecule has 0 bridgehead atoms. The zero-order chi connectivity index (χ0) is 8.69. The van der Waals surface area contributed by atoms with Gasteiger partial charge in [0, 0.05) is 5.70 Å². The largest absolute Gasteiger partial charge is 0.329 e. The summed E-state index contributed by atoms with van der Waals surface area (Å²) >= 11 is 0. The second-order valence-electron chi connectivity index (χ2n) is 2.10. The molecule has 1 N–H and O–H groups in total. The molecule has 0 unspecified atom stereocenters. The van der Waals surface area contributed by atoms with E-state index in [-0.39, 0.29) is 0 Å². The van der Waals surface area contributed by atoms with Crippen molar-refractivity contribution >= 4 is 6.41 Å². The molecule has 0 aliphatic heterocycles. The normalized spacial score (nSPS) is 12.5. The molecule has 0 aliphatic carbocycles. The minimum Gasteiger partial charge on any atom is -0.329 e. The first-order valence-electron chi connectivity index (χ1n) is 3.41. The van der Waals surface area contributed by atoms with Crippen LogP contribution in [0.1, 0.15) is 13.8 Å². The summed E-state index contributed by atoms with van der Waals surface area (Å²) in [5, 5.41) is 2.52. The fourth-order valence-corrected chi connectivity index (χ4v) is 0.556. The molecule has 0 atom stereocenters. The zero-order valence-electron chi connectivity index (χ0n) is 6.92. The predicted molar refractivity (Wildman–Crippen MR) is 46.9 cm³/mol. The maximum Gasteiger partial charge on any atom is 0.211 e. The summed E-state index contributed by atoms with van der Waals surface area (Å²) in [7, 11) is 0. The monoisotopic (exact) mass is 151 g/mol. The molecule has 0 spiro atoms. The lowest BCUT2D eigenvalue weighted by molar-refractivity contribution is -0.108. The minimum absolute atomic E-state index is 0.635. The van der Waals surface area contributed by atoms with E-state index in [0.717, 1.165) is 11.3 Å². The van der Waals surface area contributed by atoms with Gasteiger partial charge in [0.1, 0.15) is 0 Å². The maximum atomic E-state index is 10.0. The van der Waals surface area contributed by atoms with Crippen molar-refractivity contribution in [2.75, 3.05) is 0 Å². The van der Waals surface area contributed by atoms with Crippen molar-refractivity contribution in [3.05, 3.63) is 36.1 Å². The maximum absolute atomic E-state index is 10.0. The van der Waals surface area contributed by atoms with Crippen LogP contribution in [0, 0.1) is 0 Å². The van der Waals surface area contributed by atoms with Gasteiger partial charge in [-0.1, -0.05) is 18.2 Å². The van der Waals surface area contributed by atoms with Crippen LogP contribution in [0.2, 0.25) is 0 Å². The van der Waals surface area contributed by atoms with E-state index in [0.29, 0.717) is 6.41 Å². The number of hydrogen-bond donors (Lipinski definition) is 1. The van der Waals surface area contributed by atoms with Gasteiger partial charge in [0.05, 0.1) is 0 Å². The number of rotatable bonds is 4. The van der Waals surface area contributed by atoms with Crippen LogP contribution in [-0.4, -0.2) is 6.41 Å². The molecule has 0 aromatic rings. The molecular formula is C9H13NO. The fraction of sp³-hybridized carbons (Fsp3) is 0.222. The average Bonchev–Trinajstić information content (AvgIpc) is 2.03. The summed E-state index contributed by atoms with van der Waals surface area (Å²) < 4.78 is 0. The summed E-state index contributed by atoms with van der Waals surface area (Å²) in [5.74, 6) is 0. The van der Waals surface area contributed by atoms with Gasteiger partial charge in [-0.2, -0.15) is 0 Å². The molecule has 0 rings (SSSR count). The van der Waals surface area contributed by atoms with Crippen molar-refractivity contribution in [3.8, 4) is 0 Å². The van der Waals surface area contributed by atoms with Crippen molar-refractivity contribution in [2.45, 2.75) is 13.8 Å². The van der Waals surface area contributed by atoms with E-state index in [9.17, 15) is 4.79 Å². The van der Waals surface area contributed by atoms with Crippen LogP contribution in [0.5, 0.6) is 0 Å². The molecule has 0 fully saturated rings. The second kappa shape index (κ2) is 5.47. The van der Waals surface area contributed by atoms with Gasteiger partial charge in [-0.3, -0.25) is 4.79 Å². The Morgan fingerprint density at radius 1 is 1.55 bits per heavy atom. The highest BCUT2D eigenvalue weighted by atomic mass is 16.1. The van der Waals surface area contributed by atoms with Crippen molar-refractivity contribution < 1.29 is 4.79 Å². The predicted octanol–water partition coefficient (Wildman–Crippen LogP) is 1.77. The molecule has 0 saturated heterocycles. The summed E-state index contributed by atoms with van der Waals surface area (Å²) in [6.45, 7) is 7.44. The van der Waals surface area contributed by atoms with Crippen molar-refractivity contribution in [1.82, 2.24) is 5.32 Å². The van der Waals surface area contributed by atoms with Crippen molar-refractivity contribution in [3.63, 3.8) is 0 Å². The van der Waals surface area contributed by atoms with E-state index in [1.54, 1.807) is 6.08 Å². The van der Waals surface area contributed by atoms with Gasteiger partial charge in [0.15, 0.2) is 0 Å². The highest BCUT2D eigenvalue weighted by Gasteiger charge is 1.87. The Balaban J connectivity index is 4.33. The van der Waals surface area contributed by atoms with Crippen LogP contribution < -0.4 is 5.32 Å². The lowest BCUT2D eigenvalue weighted by Gasteiger charge is -1.97. The first-order chi connectivity index (χ1) is 5.24. The van der Waals surface area contributed by atoms with Gasteiger partial charge in [-0.15, -0.1) is 0 Å². The molecule has 2 nitrogen and oxygen atoms in total. The molecule has 1 amide bonds. The molecule has 0 aliphatic rings. The lowest BCUT2D eigenvalue weighted by Crippen LogP contribution is -2.07. The molecular weight excluding hydrogens is 138 g/mol. The van der Waals surface area contributed by atoms with E-state index in [1.807, 2.05) is 26.0 Å². The molecule has 0 saturated carbocycles. The highest BCUT2D eigenvalue weighted by molar-refractivity contribution is 5.52. The Bertz CT molecular complexity index is 202. The fourth-order valence-electron chi connectivity index (χ4n) is 0.556. The first-order valence-corrected chi connectivity index (χ1v) is 3.41. The summed E-state index contributed by atoms with van der Waals surface area (Å²) in [6, 6.07) is 0. The van der Waals surface area contributed by atoms with Crippen LogP contribution in [0.3, 0.4) is 0 Å². The van der Waals surface area contributed by atoms with Crippen LogP contribution in [0.25, 0.3) is 0 Å². The van der Waals surface area contributed by atoms with Gasteiger partial charge in [-0.25, -0.2) is 0 Å². The van der Waals surface area contributed by atoms with E-state index in [1.165, 1.54) is 0 Å². The number of carbonyl (C=O) groups excluding carboxylic acids is 1. The number of allylic oxidation sites excluding steroid dienone is 4. The zero-order valence-corrected chi connectivity index (χ0v) is 6.92. The van der Waals surface area contributed by atoms with Crippen LogP contribution in [-0.2, 0) is 4.79 Å². The number of nitrogens with one attached hydrogen (secondary N) is 1. The Morgan fingerprint density at radius 3 is 2.55 bits per heavy atom. The minimum atomic E-state index is 0.635.